The molecule has 0 aromatic heterocycles. The van der Waals surface area contributed by atoms with Crippen LogP contribution in [0.5, 0.6) is 0 Å². The minimum Gasteiger partial charge on any atom is -0.310 e. The Hall–Kier alpha value is -15.0. The van der Waals surface area contributed by atoms with Crippen molar-refractivity contribution in [3.63, 3.8) is 0 Å². The van der Waals surface area contributed by atoms with Crippen molar-refractivity contribution < 1.29 is 0 Å². The first-order chi connectivity index (χ1) is 57.3. The van der Waals surface area contributed by atoms with E-state index in [9.17, 15) is 0 Å². The maximum atomic E-state index is 2.38. The Kier molecular flexibility index (Phi) is 15.5. The quantitative estimate of drug-likeness (QED) is 0.113. The first-order valence-corrected chi connectivity index (χ1v) is 40.3. The van der Waals surface area contributed by atoms with E-state index in [-0.39, 0.29) is 0 Å². The lowest BCUT2D eigenvalue weighted by Gasteiger charge is -2.29. The van der Waals surface area contributed by atoms with Gasteiger partial charge in [-0.15, -0.1) is 0 Å². The van der Waals surface area contributed by atoms with Crippen LogP contribution in [0, 0.1) is 13.8 Å². The van der Waals surface area contributed by atoms with Crippen molar-refractivity contribution in [2.24, 2.45) is 0 Å². The third-order valence-corrected chi connectivity index (χ3v) is 24.8. The summed E-state index contributed by atoms with van der Waals surface area (Å²) in [7, 11) is 0. The average Bonchev–Trinajstić information content (AvgIpc) is 0.730. The summed E-state index contributed by atoms with van der Waals surface area (Å²) in [5, 5.41) is 31.1. The molecule has 0 unspecified atom stereocenters. The van der Waals surface area contributed by atoms with E-state index in [0.717, 1.165) is 22.7 Å². The molecule has 2 nitrogen and oxygen atoms in total. The second-order valence-corrected chi connectivity index (χ2v) is 31.5. The van der Waals surface area contributed by atoms with Crippen molar-refractivity contribution in [3.05, 3.63) is 424 Å². The molecule has 2 heteroatoms. The molecule has 0 saturated heterocycles. The van der Waals surface area contributed by atoms with Gasteiger partial charge < -0.3 is 9.80 Å². The number of hydrogen-bond donors (Lipinski definition) is 0. The lowest BCUT2D eigenvalue weighted by molar-refractivity contribution is 1.29. The van der Waals surface area contributed by atoms with E-state index in [4.69, 9.17) is 0 Å². The van der Waals surface area contributed by atoms with E-state index in [2.05, 4.69) is 436 Å². The van der Waals surface area contributed by atoms with Crippen molar-refractivity contribution in [2.75, 3.05) is 9.80 Å². The lowest BCUT2D eigenvalue weighted by Crippen LogP contribution is -2.11. The number of benzene rings is 24. The molecule has 0 N–H and O–H groups in total. The van der Waals surface area contributed by atoms with E-state index in [1.54, 1.807) is 0 Å². The second-order valence-electron chi connectivity index (χ2n) is 31.5. The monoisotopic (exact) mass is 1470 g/mol. The Labute approximate surface area is 672 Å². The Bertz CT molecular complexity index is 7190. The van der Waals surface area contributed by atoms with Gasteiger partial charge in [0.05, 0.1) is 11.4 Å². The molecule has 0 spiro atoms. The van der Waals surface area contributed by atoms with Crippen LogP contribution in [-0.2, 0) is 0 Å². The van der Waals surface area contributed by atoms with Crippen molar-refractivity contribution in [2.45, 2.75) is 13.8 Å². The number of rotatable bonds is 12. The SMILES string of the molecule is Cc1ccc(N(c2ccccc2)c2ccc3ccc4c(N(c5ccccc5)c5ccc(C)cc5)ccc5ccc2c3c54)cc1.c1cc2ccc3ccc(-c4ccc(-c5cc(-c6ccc(-c7ccc8ccc9cccc%10ccc7c8c9%10)cc6)cc(-c6ccc(-c7ccc8ccc9cccc%10ccc7c8c9%10)cc6)c5)cc4)c4ccc(c1)c2c34. The molecule has 0 fully saturated rings. The number of aryl methyl sites for hydroxylation is 2. The molecule has 540 valence electrons. The zero-order chi connectivity index (χ0) is 76.6. The first kappa shape index (κ1) is 66.8. The van der Waals surface area contributed by atoms with Crippen molar-refractivity contribution in [1.82, 2.24) is 0 Å². The number of nitrogens with zero attached hydrogens (tertiary/aromatic N) is 2. The van der Waals surface area contributed by atoms with Gasteiger partial charge in [-0.2, -0.15) is 0 Å². The van der Waals surface area contributed by atoms with Crippen LogP contribution in [0.2, 0.25) is 0 Å². The van der Waals surface area contributed by atoms with Gasteiger partial charge in [-0.3, -0.25) is 0 Å². The highest BCUT2D eigenvalue weighted by molar-refractivity contribution is 6.30. The van der Waals surface area contributed by atoms with Gasteiger partial charge in [0.15, 0.2) is 0 Å². The summed E-state index contributed by atoms with van der Waals surface area (Å²) in [6, 6.07) is 153. The molecule has 0 saturated carbocycles. The van der Waals surface area contributed by atoms with E-state index >= 15 is 0 Å². The number of para-hydroxylation sites is 2. The zero-order valence-electron chi connectivity index (χ0n) is 64.2. The Balaban J connectivity index is 0.000000154. The molecule has 0 aliphatic rings. The zero-order valence-corrected chi connectivity index (χ0v) is 64.2. The standard InChI is InChI=1S/C72H42.C42H32N2/c1-4-49-22-25-55-28-34-61(64-37-31-52(7-1)67(49)70(55)64)46-16-10-43(11-17-46)58-40-59(44-12-18-47(19-13-44)62-35-29-56-26-23-50-5-2-8-53-32-38-65(62)71(56)68(50)53)42-60(41-58)45-14-20-48(21-15-45)63-36-30-57-27-24-51-6-3-9-54-33-39-66(63)72(57)69(51)54;1-29-13-21-35(22-14-29)43(33-9-5-3-6-10-33)39-27-19-31-18-26-38-40(28-20-32-17-25-37(39)41(31)42(32)38)44(34-11-7-4-8-12-34)36-23-15-30(2)16-24-36/h1-42H;3-28H,1-2H3. The molecule has 0 heterocycles. The number of hydrogen-bond acceptors (Lipinski definition) is 2. The van der Waals surface area contributed by atoms with Crippen LogP contribution in [0.4, 0.5) is 34.1 Å². The van der Waals surface area contributed by atoms with Crippen LogP contribution < -0.4 is 9.80 Å². The van der Waals surface area contributed by atoms with Crippen molar-refractivity contribution in [3.8, 4) is 66.8 Å². The summed E-state index contributed by atoms with van der Waals surface area (Å²) in [6.45, 7) is 4.28. The third kappa shape index (κ3) is 11.0. The molecule has 116 heavy (non-hydrogen) atoms. The van der Waals surface area contributed by atoms with Gasteiger partial charge in [-0.1, -0.05) is 345 Å². The van der Waals surface area contributed by atoms with E-state index in [1.807, 2.05) is 0 Å². The smallest absolute Gasteiger partial charge is 0.0540 e. The molecular formula is C114H74N2. The fourth-order valence-corrected chi connectivity index (χ4v) is 19.2. The molecule has 24 aromatic carbocycles. The lowest BCUT2D eigenvalue weighted by atomic mass is 9.88. The molecular weight excluding hydrogens is 1400 g/mol. The predicted molar refractivity (Wildman–Crippen MR) is 499 cm³/mol. The average molecular weight is 1470 g/mol. The van der Waals surface area contributed by atoms with E-state index < -0.39 is 0 Å². The first-order valence-electron chi connectivity index (χ1n) is 40.3. The van der Waals surface area contributed by atoms with Gasteiger partial charge in [-0.05, 0) is 278 Å². The van der Waals surface area contributed by atoms with Crippen molar-refractivity contribution >= 4 is 163 Å². The van der Waals surface area contributed by atoms with Gasteiger partial charge in [0, 0.05) is 33.5 Å². The normalized spacial score (nSPS) is 11.9. The summed E-state index contributed by atoms with van der Waals surface area (Å²) in [5.74, 6) is 0. The molecule has 0 aliphatic carbocycles. The molecule has 0 aliphatic heterocycles. The summed E-state index contributed by atoms with van der Waals surface area (Å²) in [4.78, 5) is 4.77. The van der Waals surface area contributed by atoms with Crippen LogP contribution in [0.3, 0.4) is 0 Å². The fourth-order valence-electron chi connectivity index (χ4n) is 19.2. The predicted octanol–water partition coefficient (Wildman–Crippen LogP) is 32.5. The van der Waals surface area contributed by atoms with Gasteiger partial charge in [-0.25, -0.2) is 0 Å². The maximum absolute atomic E-state index is 2.38. The molecule has 0 atom stereocenters. The molecule has 0 bridgehead atoms. The Morgan fingerprint density at radius 1 is 0.147 bits per heavy atom. The third-order valence-electron chi connectivity index (χ3n) is 24.8. The van der Waals surface area contributed by atoms with Crippen LogP contribution in [0.1, 0.15) is 11.1 Å². The van der Waals surface area contributed by atoms with Crippen LogP contribution in [-0.4, -0.2) is 0 Å². The second kappa shape index (κ2) is 26.9. The molecule has 0 radical (unpaired) electrons. The van der Waals surface area contributed by atoms with Crippen LogP contribution in [0.15, 0.2) is 413 Å². The molecule has 0 amide bonds. The summed E-state index contributed by atoms with van der Waals surface area (Å²) in [5.41, 5.74) is 24.0. The minimum absolute atomic E-state index is 1.14. The van der Waals surface area contributed by atoms with Gasteiger partial charge >= 0.3 is 0 Å². The Morgan fingerprint density at radius 2 is 0.371 bits per heavy atom. The van der Waals surface area contributed by atoms with E-state index in [1.165, 1.54) is 219 Å². The van der Waals surface area contributed by atoms with Crippen LogP contribution >= 0.6 is 0 Å². The summed E-state index contributed by atoms with van der Waals surface area (Å²) < 4.78 is 0. The summed E-state index contributed by atoms with van der Waals surface area (Å²) in [6.07, 6.45) is 0. The molecule has 24 rings (SSSR count). The fraction of sp³-hybridized carbons (Fsp3) is 0.0175. The summed E-state index contributed by atoms with van der Waals surface area (Å²) >= 11 is 0. The highest BCUT2D eigenvalue weighted by atomic mass is 15.1. The van der Waals surface area contributed by atoms with E-state index in [0.29, 0.717) is 0 Å². The van der Waals surface area contributed by atoms with Gasteiger partial charge in [0.1, 0.15) is 0 Å². The van der Waals surface area contributed by atoms with Gasteiger partial charge in [0.2, 0.25) is 0 Å². The number of anilines is 6. The minimum atomic E-state index is 1.14. The highest BCUT2D eigenvalue weighted by Gasteiger charge is 2.24. The highest BCUT2D eigenvalue weighted by Crippen LogP contribution is 2.50. The maximum Gasteiger partial charge on any atom is 0.0540 e. The van der Waals surface area contributed by atoms with Crippen LogP contribution in [0.25, 0.3) is 196 Å². The largest absolute Gasteiger partial charge is 0.310 e. The van der Waals surface area contributed by atoms with Crippen molar-refractivity contribution in [1.29, 1.82) is 0 Å². The Morgan fingerprint density at radius 3 is 0.664 bits per heavy atom. The molecule has 24 aromatic rings. The van der Waals surface area contributed by atoms with Gasteiger partial charge in [0.25, 0.3) is 0 Å². The topological polar surface area (TPSA) is 6.48 Å².